The van der Waals surface area contributed by atoms with E-state index in [9.17, 15) is 0 Å². The zero-order chi connectivity index (χ0) is 5.91. The molecule has 0 atom stereocenters. The van der Waals surface area contributed by atoms with Crippen molar-refractivity contribution in [3.63, 3.8) is 0 Å². The molecular weight excluding hydrogens is 183 g/mol. The van der Waals surface area contributed by atoms with E-state index in [0.29, 0.717) is 6.61 Å². The molecule has 1 N–H and O–H groups in total. The van der Waals surface area contributed by atoms with Crippen LogP contribution in [0.3, 0.4) is 0 Å². The predicted molar refractivity (Wildman–Crippen MR) is 28.2 cm³/mol. The molecule has 0 aromatic heterocycles. The molecule has 2 nitrogen and oxygen atoms in total. The van der Waals surface area contributed by atoms with Gasteiger partial charge in [-0.1, -0.05) is 0 Å². The Morgan fingerprint density at radius 3 is 1.88 bits per heavy atom. The van der Waals surface area contributed by atoms with Crippen LogP contribution in [0.2, 0.25) is 0 Å². The fraction of sp³-hybridized carbons (Fsp3) is 1.00. The van der Waals surface area contributed by atoms with Gasteiger partial charge in [0.15, 0.2) is 0 Å². The van der Waals surface area contributed by atoms with E-state index in [2.05, 4.69) is 4.74 Å². The molecule has 0 aliphatic heterocycles. The largest absolute Gasteiger partial charge is 3.00 e. The molecule has 0 aromatic carbocycles. The minimum Gasteiger partial charge on any atom is -0.388 e. The fourth-order valence-electron chi connectivity index (χ4n) is 0.353. The SMILES string of the molecule is COCC(C)(C)O.[Zr+3]. The number of methoxy groups -OCH3 is 1. The summed E-state index contributed by atoms with van der Waals surface area (Å²) >= 11 is 0. The van der Waals surface area contributed by atoms with Gasteiger partial charge in [-0.15, -0.1) is 0 Å². The van der Waals surface area contributed by atoms with Crippen LogP contribution >= 0.6 is 0 Å². The number of hydrogen-bond donors (Lipinski definition) is 1. The van der Waals surface area contributed by atoms with Crippen molar-refractivity contribution in [2.24, 2.45) is 0 Å². The molecule has 0 aromatic rings. The molecule has 0 spiro atoms. The maximum absolute atomic E-state index is 8.89. The molecule has 45 valence electrons. The maximum Gasteiger partial charge on any atom is 3.00 e. The summed E-state index contributed by atoms with van der Waals surface area (Å²) in [4.78, 5) is 0. The molecule has 0 bridgehead atoms. The van der Waals surface area contributed by atoms with Crippen LogP contribution in [-0.4, -0.2) is 24.4 Å². The smallest absolute Gasteiger partial charge is 0.388 e. The Hall–Kier alpha value is 0.803. The molecule has 0 unspecified atom stereocenters. The molecule has 0 heterocycles. The third-order valence-electron chi connectivity index (χ3n) is 0.498. The topological polar surface area (TPSA) is 29.5 Å². The van der Waals surface area contributed by atoms with E-state index in [1.165, 1.54) is 0 Å². The summed E-state index contributed by atoms with van der Waals surface area (Å²) in [5.41, 5.74) is -0.672. The molecule has 1 radical (unpaired) electrons. The van der Waals surface area contributed by atoms with Gasteiger partial charge in [-0.3, -0.25) is 0 Å². The monoisotopic (exact) mass is 194 g/mol. The van der Waals surface area contributed by atoms with Crippen LogP contribution in [0.15, 0.2) is 0 Å². The molecular formula is C5H12O2Zr+3. The summed E-state index contributed by atoms with van der Waals surface area (Å²) in [5.74, 6) is 0. The summed E-state index contributed by atoms with van der Waals surface area (Å²) in [6, 6.07) is 0. The minimum absolute atomic E-state index is 0. The van der Waals surface area contributed by atoms with Gasteiger partial charge in [-0.2, -0.15) is 0 Å². The first-order chi connectivity index (χ1) is 3.06. The summed E-state index contributed by atoms with van der Waals surface area (Å²) in [5, 5.41) is 8.89. The first kappa shape index (κ1) is 11.6. The molecule has 0 fully saturated rings. The zero-order valence-electron chi connectivity index (χ0n) is 5.56. The summed E-state index contributed by atoms with van der Waals surface area (Å²) < 4.78 is 4.66. The van der Waals surface area contributed by atoms with E-state index in [4.69, 9.17) is 5.11 Å². The van der Waals surface area contributed by atoms with Crippen LogP contribution < -0.4 is 0 Å². The molecule has 0 aliphatic carbocycles. The van der Waals surface area contributed by atoms with Crippen molar-refractivity contribution < 1.29 is 36.0 Å². The number of rotatable bonds is 2. The van der Waals surface area contributed by atoms with Gasteiger partial charge in [0.1, 0.15) is 0 Å². The van der Waals surface area contributed by atoms with Crippen LogP contribution in [0.4, 0.5) is 0 Å². The second kappa shape index (κ2) is 4.66. The van der Waals surface area contributed by atoms with Gasteiger partial charge in [0.2, 0.25) is 0 Å². The Bertz CT molecular complexity index is 48.9. The first-order valence-electron chi connectivity index (χ1n) is 2.27. The van der Waals surface area contributed by atoms with Crippen molar-refractivity contribution in [2.75, 3.05) is 13.7 Å². The summed E-state index contributed by atoms with van der Waals surface area (Å²) in [6.45, 7) is 3.81. The fourth-order valence-corrected chi connectivity index (χ4v) is 0.353. The van der Waals surface area contributed by atoms with Gasteiger partial charge in [-0.25, -0.2) is 0 Å². The third kappa shape index (κ3) is 9.93. The Labute approximate surface area is 69.4 Å². The quantitative estimate of drug-likeness (QED) is 0.691. The minimum atomic E-state index is -0.672. The van der Waals surface area contributed by atoms with Crippen LogP contribution in [0.5, 0.6) is 0 Å². The number of hydrogen-bond acceptors (Lipinski definition) is 2. The van der Waals surface area contributed by atoms with Gasteiger partial charge in [0.05, 0.1) is 12.2 Å². The van der Waals surface area contributed by atoms with Crippen molar-refractivity contribution in [1.82, 2.24) is 0 Å². The van der Waals surface area contributed by atoms with Gasteiger partial charge >= 0.3 is 26.2 Å². The van der Waals surface area contributed by atoms with Crippen LogP contribution in [0.25, 0.3) is 0 Å². The van der Waals surface area contributed by atoms with E-state index in [0.717, 1.165) is 0 Å². The van der Waals surface area contributed by atoms with Gasteiger partial charge < -0.3 is 9.84 Å². The Morgan fingerprint density at radius 1 is 1.50 bits per heavy atom. The van der Waals surface area contributed by atoms with E-state index >= 15 is 0 Å². The van der Waals surface area contributed by atoms with E-state index in [1.54, 1.807) is 21.0 Å². The van der Waals surface area contributed by atoms with Crippen molar-refractivity contribution in [1.29, 1.82) is 0 Å². The Balaban J connectivity index is 0. The van der Waals surface area contributed by atoms with Crippen molar-refractivity contribution in [2.45, 2.75) is 19.4 Å². The van der Waals surface area contributed by atoms with Crippen molar-refractivity contribution in [3.8, 4) is 0 Å². The third-order valence-corrected chi connectivity index (χ3v) is 0.498. The van der Waals surface area contributed by atoms with Crippen molar-refractivity contribution in [3.05, 3.63) is 0 Å². The summed E-state index contributed by atoms with van der Waals surface area (Å²) in [6.07, 6.45) is 0. The second-order valence-corrected chi connectivity index (χ2v) is 2.25. The number of aliphatic hydroxyl groups is 1. The van der Waals surface area contributed by atoms with E-state index in [-0.39, 0.29) is 26.2 Å². The van der Waals surface area contributed by atoms with Crippen LogP contribution in [0, 0.1) is 0 Å². The van der Waals surface area contributed by atoms with Gasteiger partial charge in [0, 0.05) is 7.11 Å². The zero-order valence-corrected chi connectivity index (χ0v) is 8.02. The standard InChI is InChI=1S/C5H12O2.Zr/c1-5(2,6)4-7-3;/h6H,4H2,1-3H3;/q;+3. The van der Waals surface area contributed by atoms with Crippen LogP contribution in [-0.2, 0) is 30.9 Å². The van der Waals surface area contributed by atoms with Gasteiger partial charge in [-0.05, 0) is 13.8 Å². The molecule has 0 aliphatic rings. The molecule has 0 saturated carbocycles. The number of ether oxygens (including phenoxy) is 1. The molecule has 0 saturated heterocycles. The normalized spacial score (nSPS) is 10.5. The first-order valence-corrected chi connectivity index (χ1v) is 2.27. The average Bonchev–Trinajstić information content (AvgIpc) is 1.30. The van der Waals surface area contributed by atoms with E-state index < -0.39 is 5.60 Å². The van der Waals surface area contributed by atoms with Crippen molar-refractivity contribution >= 4 is 0 Å². The van der Waals surface area contributed by atoms with Crippen LogP contribution in [0.1, 0.15) is 13.8 Å². The average molecular weight is 195 g/mol. The molecule has 8 heavy (non-hydrogen) atoms. The Kier molecular flexibility index (Phi) is 6.75. The molecule has 0 amide bonds. The maximum atomic E-state index is 8.89. The molecule has 3 heteroatoms. The van der Waals surface area contributed by atoms with Gasteiger partial charge in [0.25, 0.3) is 0 Å². The molecule has 0 rings (SSSR count). The second-order valence-electron chi connectivity index (χ2n) is 2.25. The predicted octanol–water partition coefficient (Wildman–Crippen LogP) is 0.401. The van der Waals surface area contributed by atoms with E-state index in [1.807, 2.05) is 0 Å². The summed E-state index contributed by atoms with van der Waals surface area (Å²) in [7, 11) is 1.57. The Morgan fingerprint density at radius 2 is 1.88 bits per heavy atom.